The molecule has 2 aromatic carbocycles. The number of rotatable bonds is 7. The van der Waals surface area contributed by atoms with Gasteiger partial charge < -0.3 is 0 Å². The highest BCUT2D eigenvalue weighted by molar-refractivity contribution is 6.08. The molecule has 5 heteroatoms. The van der Waals surface area contributed by atoms with Crippen LogP contribution in [0.5, 0.6) is 0 Å². The normalized spacial score (nSPS) is 11.8. The lowest BCUT2D eigenvalue weighted by atomic mass is 10.1. The molecule has 0 unspecified atom stereocenters. The second-order valence-corrected chi connectivity index (χ2v) is 5.52. The standard InChI is InChI=1S/C20H20F2N2O/c1-3-6-20(17-10-18(21)12-19(22)11-17)23-24(14-25)13-16-8-5-7-15(4-2)9-16/h3,5-12,14H,4,13H2,1-2H3/b6-3-,23-20+. The molecule has 130 valence electrons. The van der Waals surface area contributed by atoms with E-state index < -0.39 is 11.6 Å². The van der Waals surface area contributed by atoms with Crippen LogP contribution in [-0.2, 0) is 17.8 Å². The van der Waals surface area contributed by atoms with Gasteiger partial charge in [0.05, 0.1) is 12.3 Å². The van der Waals surface area contributed by atoms with E-state index in [9.17, 15) is 13.6 Å². The first-order chi connectivity index (χ1) is 12.0. The SMILES string of the molecule is C/C=C\C(=N/N(C=O)Cc1cccc(CC)c1)c1cc(F)cc(F)c1. The number of benzene rings is 2. The molecule has 0 spiro atoms. The molecule has 0 N–H and O–H groups in total. The van der Waals surface area contributed by atoms with Crippen molar-refractivity contribution in [3.05, 3.63) is 82.9 Å². The van der Waals surface area contributed by atoms with Gasteiger partial charge in [0.25, 0.3) is 0 Å². The fourth-order valence-corrected chi connectivity index (χ4v) is 2.42. The average molecular weight is 342 g/mol. The van der Waals surface area contributed by atoms with Crippen molar-refractivity contribution in [2.45, 2.75) is 26.8 Å². The third-order valence-electron chi connectivity index (χ3n) is 3.58. The number of halogens is 2. The van der Waals surface area contributed by atoms with E-state index >= 15 is 0 Å². The van der Waals surface area contributed by atoms with Crippen molar-refractivity contribution in [2.75, 3.05) is 0 Å². The van der Waals surface area contributed by atoms with Gasteiger partial charge in [-0.15, -0.1) is 0 Å². The molecule has 0 fully saturated rings. The van der Waals surface area contributed by atoms with Crippen molar-refractivity contribution < 1.29 is 13.6 Å². The topological polar surface area (TPSA) is 32.7 Å². The van der Waals surface area contributed by atoms with E-state index in [1.807, 2.05) is 24.3 Å². The predicted molar refractivity (Wildman–Crippen MR) is 95.1 cm³/mol. The number of hydrazone groups is 1. The first kappa shape index (κ1) is 18.5. The Morgan fingerprint density at radius 2 is 1.80 bits per heavy atom. The Labute approximate surface area is 146 Å². The van der Waals surface area contributed by atoms with Crippen LogP contribution in [0.15, 0.2) is 59.7 Å². The fourth-order valence-electron chi connectivity index (χ4n) is 2.42. The largest absolute Gasteiger partial charge is 0.277 e. The minimum absolute atomic E-state index is 0.268. The molecule has 0 radical (unpaired) electrons. The Kier molecular flexibility index (Phi) is 6.57. The maximum Gasteiger partial charge on any atom is 0.230 e. The highest BCUT2D eigenvalue weighted by Gasteiger charge is 2.09. The highest BCUT2D eigenvalue weighted by atomic mass is 19.1. The van der Waals surface area contributed by atoms with Gasteiger partial charge in [0.2, 0.25) is 6.41 Å². The van der Waals surface area contributed by atoms with Gasteiger partial charge in [0.1, 0.15) is 11.6 Å². The van der Waals surface area contributed by atoms with Crippen LogP contribution >= 0.6 is 0 Å². The summed E-state index contributed by atoms with van der Waals surface area (Å²) < 4.78 is 27.0. The average Bonchev–Trinajstić information content (AvgIpc) is 2.60. The van der Waals surface area contributed by atoms with Gasteiger partial charge >= 0.3 is 0 Å². The van der Waals surface area contributed by atoms with Gasteiger partial charge in [-0.1, -0.05) is 37.3 Å². The third-order valence-corrected chi connectivity index (χ3v) is 3.58. The van der Waals surface area contributed by atoms with Crippen molar-refractivity contribution >= 4 is 12.1 Å². The van der Waals surface area contributed by atoms with Crippen molar-refractivity contribution in [2.24, 2.45) is 5.10 Å². The van der Waals surface area contributed by atoms with E-state index in [1.54, 1.807) is 19.1 Å². The maximum absolute atomic E-state index is 13.5. The zero-order valence-corrected chi connectivity index (χ0v) is 14.2. The number of aryl methyl sites for hydroxylation is 1. The lowest BCUT2D eigenvalue weighted by molar-refractivity contribution is -0.118. The van der Waals surface area contributed by atoms with E-state index in [0.29, 0.717) is 12.1 Å². The molecule has 0 atom stereocenters. The summed E-state index contributed by atoms with van der Waals surface area (Å²) >= 11 is 0. The van der Waals surface area contributed by atoms with E-state index in [0.717, 1.165) is 23.6 Å². The smallest absolute Gasteiger partial charge is 0.230 e. The minimum atomic E-state index is -0.694. The minimum Gasteiger partial charge on any atom is -0.277 e. The number of hydrogen-bond acceptors (Lipinski definition) is 2. The van der Waals surface area contributed by atoms with Gasteiger partial charge in [0, 0.05) is 11.6 Å². The van der Waals surface area contributed by atoms with Gasteiger partial charge in [-0.25, -0.2) is 13.8 Å². The first-order valence-corrected chi connectivity index (χ1v) is 8.03. The Balaban J connectivity index is 2.33. The molecule has 1 amide bonds. The summed E-state index contributed by atoms with van der Waals surface area (Å²) in [5.41, 5.74) is 2.66. The van der Waals surface area contributed by atoms with Crippen molar-refractivity contribution in [3.8, 4) is 0 Å². The van der Waals surface area contributed by atoms with E-state index in [-0.39, 0.29) is 12.1 Å². The Morgan fingerprint density at radius 3 is 2.40 bits per heavy atom. The van der Waals surface area contributed by atoms with Gasteiger partial charge in [-0.2, -0.15) is 5.10 Å². The molecule has 2 aromatic rings. The van der Waals surface area contributed by atoms with Gasteiger partial charge in [-0.3, -0.25) is 4.79 Å². The van der Waals surface area contributed by atoms with Crippen molar-refractivity contribution in [1.82, 2.24) is 5.01 Å². The monoisotopic (exact) mass is 342 g/mol. The molecule has 3 nitrogen and oxygen atoms in total. The lowest BCUT2D eigenvalue weighted by Gasteiger charge is -2.14. The highest BCUT2D eigenvalue weighted by Crippen LogP contribution is 2.13. The summed E-state index contributed by atoms with van der Waals surface area (Å²) in [5.74, 6) is -1.39. The van der Waals surface area contributed by atoms with Crippen LogP contribution in [0.2, 0.25) is 0 Å². The summed E-state index contributed by atoms with van der Waals surface area (Å²) in [4.78, 5) is 11.4. The number of amides is 1. The molecule has 0 aliphatic heterocycles. The molecular weight excluding hydrogens is 322 g/mol. The van der Waals surface area contributed by atoms with E-state index in [1.165, 1.54) is 17.1 Å². The predicted octanol–water partition coefficient (Wildman–Crippen LogP) is 4.47. The molecule has 0 saturated carbocycles. The van der Waals surface area contributed by atoms with Crippen LogP contribution in [0.25, 0.3) is 0 Å². The van der Waals surface area contributed by atoms with Crippen LogP contribution in [0.3, 0.4) is 0 Å². The van der Waals surface area contributed by atoms with Crippen molar-refractivity contribution in [1.29, 1.82) is 0 Å². The molecule has 0 aliphatic carbocycles. The molecule has 2 rings (SSSR count). The third kappa shape index (κ3) is 5.35. The second-order valence-electron chi connectivity index (χ2n) is 5.52. The fraction of sp³-hybridized carbons (Fsp3) is 0.200. The zero-order chi connectivity index (χ0) is 18.2. The summed E-state index contributed by atoms with van der Waals surface area (Å²) in [7, 11) is 0. The number of hydrogen-bond donors (Lipinski definition) is 0. The number of carbonyl (C=O) groups is 1. The maximum atomic E-state index is 13.5. The quantitative estimate of drug-likeness (QED) is 0.415. The second kappa shape index (κ2) is 8.87. The summed E-state index contributed by atoms with van der Waals surface area (Å²) in [6.45, 7) is 4.09. The van der Waals surface area contributed by atoms with Crippen molar-refractivity contribution in [3.63, 3.8) is 0 Å². The van der Waals surface area contributed by atoms with Crippen LogP contribution in [-0.4, -0.2) is 17.1 Å². The number of nitrogens with zero attached hydrogens (tertiary/aromatic N) is 2. The molecule has 0 heterocycles. The van der Waals surface area contributed by atoms with E-state index in [4.69, 9.17) is 0 Å². The summed E-state index contributed by atoms with van der Waals surface area (Å²) in [5, 5.41) is 5.46. The van der Waals surface area contributed by atoms with Crippen LogP contribution in [0, 0.1) is 11.6 Å². The molecule has 0 aliphatic rings. The van der Waals surface area contributed by atoms with Gasteiger partial charge in [0.15, 0.2) is 0 Å². The van der Waals surface area contributed by atoms with Crippen LogP contribution in [0.1, 0.15) is 30.5 Å². The van der Waals surface area contributed by atoms with Gasteiger partial charge in [-0.05, 0) is 42.7 Å². The lowest BCUT2D eigenvalue weighted by Crippen LogP contribution is -2.17. The van der Waals surface area contributed by atoms with Crippen LogP contribution < -0.4 is 0 Å². The molecule has 25 heavy (non-hydrogen) atoms. The summed E-state index contributed by atoms with van der Waals surface area (Å²) in [6, 6.07) is 11.0. The summed E-state index contributed by atoms with van der Waals surface area (Å²) in [6.07, 6.45) is 4.79. The zero-order valence-electron chi connectivity index (χ0n) is 14.2. The number of carbonyl (C=O) groups excluding carboxylic acids is 1. The Hall–Kier alpha value is -2.82. The van der Waals surface area contributed by atoms with Crippen LogP contribution in [0.4, 0.5) is 8.78 Å². The Bertz CT molecular complexity index is 780. The number of allylic oxidation sites excluding steroid dienone is 2. The Morgan fingerprint density at radius 1 is 1.12 bits per heavy atom. The van der Waals surface area contributed by atoms with E-state index in [2.05, 4.69) is 12.0 Å². The molecule has 0 aromatic heterocycles. The molecular formula is C20H20F2N2O. The first-order valence-electron chi connectivity index (χ1n) is 8.03. The molecule has 0 bridgehead atoms. The molecule has 0 saturated heterocycles.